The minimum atomic E-state index is 0.162. The molecule has 0 saturated carbocycles. The average Bonchev–Trinajstić information content (AvgIpc) is 2.62. The standard InChI is InChI=1S/C16H20O/c1-3-4-5-6-8-13-9-7-10-14-11-12(2)16(17)15(13)14/h6-10,12H,3-5,11H2,1-2H3/b8-6+. The maximum absolute atomic E-state index is 12.1. The molecule has 1 aromatic rings. The Kier molecular flexibility index (Phi) is 3.78. The van der Waals surface area contributed by atoms with Gasteiger partial charge in [-0.15, -0.1) is 0 Å². The van der Waals surface area contributed by atoms with Gasteiger partial charge in [0.25, 0.3) is 0 Å². The molecule has 0 aromatic heterocycles. The molecule has 17 heavy (non-hydrogen) atoms. The molecule has 0 radical (unpaired) electrons. The summed E-state index contributed by atoms with van der Waals surface area (Å²) in [5.74, 6) is 0.478. The van der Waals surface area contributed by atoms with Crippen LogP contribution >= 0.6 is 0 Å². The summed E-state index contributed by atoms with van der Waals surface area (Å²) in [4.78, 5) is 12.1. The second-order valence-corrected chi connectivity index (χ2v) is 4.90. The van der Waals surface area contributed by atoms with Gasteiger partial charge in [-0.3, -0.25) is 4.79 Å². The van der Waals surface area contributed by atoms with E-state index >= 15 is 0 Å². The lowest BCUT2D eigenvalue weighted by atomic mass is 10.0. The van der Waals surface area contributed by atoms with Crippen LogP contribution in [0.3, 0.4) is 0 Å². The van der Waals surface area contributed by atoms with Gasteiger partial charge in [-0.05, 0) is 24.0 Å². The lowest BCUT2D eigenvalue weighted by molar-refractivity contribution is 0.0946. The molecule has 1 unspecified atom stereocenters. The first-order valence-electron chi connectivity index (χ1n) is 6.56. The highest BCUT2D eigenvalue weighted by molar-refractivity contribution is 6.04. The molecule has 0 spiro atoms. The van der Waals surface area contributed by atoms with Crippen LogP contribution in [0.2, 0.25) is 0 Å². The highest BCUT2D eigenvalue weighted by atomic mass is 16.1. The van der Waals surface area contributed by atoms with Crippen LogP contribution in [0.25, 0.3) is 6.08 Å². The van der Waals surface area contributed by atoms with E-state index in [4.69, 9.17) is 0 Å². The number of hydrogen-bond acceptors (Lipinski definition) is 1. The molecule has 1 heteroatoms. The number of fused-ring (bicyclic) bond motifs is 1. The van der Waals surface area contributed by atoms with Crippen molar-refractivity contribution in [3.05, 3.63) is 41.0 Å². The fourth-order valence-corrected chi connectivity index (χ4v) is 2.43. The SMILES string of the molecule is CCCC/C=C/c1cccc2c1C(=O)C(C)C2. The molecule has 0 heterocycles. The van der Waals surface area contributed by atoms with Crippen LogP contribution in [0.5, 0.6) is 0 Å². The fraction of sp³-hybridized carbons (Fsp3) is 0.438. The van der Waals surface area contributed by atoms with Gasteiger partial charge in [-0.2, -0.15) is 0 Å². The smallest absolute Gasteiger partial charge is 0.166 e. The van der Waals surface area contributed by atoms with Gasteiger partial charge in [0.05, 0.1) is 0 Å². The Morgan fingerprint density at radius 3 is 3.00 bits per heavy atom. The van der Waals surface area contributed by atoms with E-state index in [-0.39, 0.29) is 5.92 Å². The maximum Gasteiger partial charge on any atom is 0.166 e. The summed E-state index contributed by atoms with van der Waals surface area (Å²) >= 11 is 0. The van der Waals surface area contributed by atoms with E-state index in [2.05, 4.69) is 37.3 Å². The zero-order chi connectivity index (χ0) is 12.3. The molecule has 1 nitrogen and oxygen atoms in total. The molecule has 0 saturated heterocycles. The Labute approximate surface area is 104 Å². The third kappa shape index (κ3) is 2.49. The molecular weight excluding hydrogens is 208 g/mol. The van der Waals surface area contributed by atoms with Crippen LogP contribution in [0.1, 0.15) is 54.6 Å². The molecule has 1 aromatic carbocycles. The summed E-state index contributed by atoms with van der Waals surface area (Å²) in [6.07, 6.45) is 8.75. The first kappa shape index (κ1) is 12.1. The Balaban J connectivity index is 2.23. The molecule has 2 rings (SSSR count). The van der Waals surface area contributed by atoms with Gasteiger partial charge in [-0.1, -0.05) is 57.0 Å². The number of benzene rings is 1. The van der Waals surface area contributed by atoms with Crippen LogP contribution in [0.4, 0.5) is 0 Å². The van der Waals surface area contributed by atoms with Crippen molar-refractivity contribution in [2.45, 2.75) is 39.5 Å². The summed E-state index contributed by atoms with van der Waals surface area (Å²) in [7, 11) is 0. The molecule has 1 atom stereocenters. The summed E-state index contributed by atoms with van der Waals surface area (Å²) in [5.41, 5.74) is 3.29. The molecule has 0 bridgehead atoms. The van der Waals surface area contributed by atoms with Crippen molar-refractivity contribution >= 4 is 11.9 Å². The Hall–Kier alpha value is -1.37. The van der Waals surface area contributed by atoms with Gasteiger partial charge in [-0.25, -0.2) is 0 Å². The first-order valence-corrected chi connectivity index (χ1v) is 6.56. The summed E-state index contributed by atoms with van der Waals surface area (Å²) < 4.78 is 0. The van der Waals surface area contributed by atoms with Crippen molar-refractivity contribution in [3.8, 4) is 0 Å². The zero-order valence-corrected chi connectivity index (χ0v) is 10.7. The molecule has 0 N–H and O–H groups in total. The number of rotatable bonds is 4. The van der Waals surface area contributed by atoms with E-state index in [0.29, 0.717) is 5.78 Å². The normalized spacial score (nSPS) is 18.9. The Bertz CT molecular complexity index is 443. The van der Waals surface area contributed by atoms with Crippen molar-refractivity contribution in [2.75, 3.05) is 0 Å². The quantitative estimate of drug-likeness (QED) is 0.703. The van der Waals surface area contributed by atoms with Gasteiger partial charge in [0.15, 0.2) is 5.78 Å². The van der Waals surface area contributed by atoms with Gasteiger partial charge >= 0.3 is 0 Å². The number of ketones is 1. The minimum absolute atomic E-state index is 0.162. The fourth-order valence-electron chi connectivity index (χ4n) is 2.43. The average molecular weight is 228 g/mol. The van der Waals surface area contributed by atoms with E-state index in [1.807, 2.05) is 6.92 Å². The third-order valence-corrected chi connectivity index (χ3v) is 3.42. The minimum Gasteiger partial charge on any atom is -0.294 e. The van der Waals surface area contributed by atoms with E-state index < -0.39 is 0 Å². The van der Waals surface area contributed by atoms with Gasteiger partial charge in [0.1, 0.15) is 0 Å². The topological polar surface area (TPSA) is 17.1 Å². The number of Topliss-reactive ketones (excluding diaryl/α,β-unsaturated/α-hetero) is 1. The number of unbranched alkanes of at least 4 members (excludes halogenated alkanes) is 2. The van der Waals surface area contributed by atoms with E-state index in [1.165, 1.54) is 18.4 Å². The van der Waals surface area contributed by atoms with Gasteiger partial charge in [0, 0.05) is 11.5 Å². The number of hydrogen-bond donors (Lipinski definition) is 0. The largest absolute Gasteiger partial charge is 0.294 e. The zero-order valence-electron chi connectivity index (χ0n) is 10.7. The monoisotopic (exact) mass is 228 g/mol. The lowest BCUT2D eigenvalue weighted by Gasteiger charge is -2.02. The third-order valence-electron chi connectivity index (χ3n) is 3.42. The van der Waals surface area contributed by atoms with Gasteiger partial charge in [0.2, 0.25) is 0 Å². The van der Waals surface area contributed by atoms with Crippen molar-refractivity contribution in [1.29, 1.82) is 0 Å². The Morgan fingerprint density at radius 1 is 1.41 bits per heavy atom. The van der Waals surface area contributed by atoms with Crippen molar-refractivity contribution in [1.82, 2.24) is 0 Å². The van der Waals surface area contributed by atoms with Crippen LogP contribution < -0.4 is 0 Å². The molecule has 0 aliphatic heterocycles. The molecule has 1 aliphatic carbocycles. The Morgan fingerprint density at radius 2 is 2.24 bits per heavy atom. The van der Waals surface area contributed by atoms with Crippen LogP contribution in [0, 0.1) is 5.92 Å². The van der Waals surface area contributed by atoms with Gasteiger partial charge < -0.3 is 0 Å². The lowest BCUT2D eigenvalue weighted by Crippen LogP contribution is -2.04. The highest BCUT2D eigenvalue weighted by Gasteiger charge is 2.28. The van der Waals surface area contributed by atoms with Crippen LogP contribution in [0.15, 0.2) is 24.3 Å². The number of carbonyl (C=O) groups excluding carboxylic acids is 1. The molecule has 90 valence electrons. The van der Waals surface area contributed by atoms with Crippen molar-refractivity contribution in [3.63, 3.8) is 0 Å². The molecule has 0 amide bonds. The van der Waals surface area contributed by atoms with E-state index in [0.717, 1.165) is 24.0 Å². The predicted octanol–water partition coefficient (Wildman–Crippen LogP) is 4.26. The maximum atomic E-state index is 12.1. The number of allylic oxidation sites excluding steroid dienone is 1. The summed E-state index contributed by atoms with van der Waals surface area (Å²) in [6, 6.07) is 6.20. The van der Waals surface area contributed by atoms with Crippen LogP contribution in [-0.2, 0) is 6.42 Å². The second kappa shape index (κ2) is 5.31. The molecule has 1 aliphatic rings. The molecular formula is C16H20O. The summed E-state index contributed by atoms with van der Waals surface area (Å²) in [6.45, 7) is 4.21. The summed E-state index contributed by atoms with van der Waals surface area (Å²) in [5, 5.41) is 0. The number of carbonyl (C=O) groups is 1. The van der Waals surface area contributed by atoms with Crippen molar-refractivity contribution in [2.24, 2.45) is 5.92 Å². The van der Waals surface area contributed by atoms with Crippen LogP contribution in [-0.4, -0.2) is 5.78 Å². The predicted molar refractivity (Wildman–Crippen MR) is 72.2 cm³/mol. The van der Waals surface area contributed by atoms with Crippen molar-refractivity contribution < 1.29 is 4.79 Å². The first-order chi connectivity index (χ1) is 8.24. The highest BCUT2D eigenvalue weighted by Crippen LogP contribution is 2.29. The molecule has 0 fully saturated rings. The van der Waals surface area contributed by atoms with E-state index in [9.17, 15) is 4.79 Å². The second-order valence-electron chi connectivity index (χ2n) is 4.90. The van der Waals surface area contributed by atoms with E-state index in [1.54, 1.807) is 0 Å².